The predicted molar refractivity (Wildman–Crippen MR) is 146 cm³/mol. The normalized spacial score (nSPS) is 11.7. The summed E-state index contributed by atoms with van der Waals surface area (Å²) in [5.74, 6) is 0.962. The lowest BCUT2D eigenvalue weighted by Crippen LogP contribution is -2.11. The Morgan fingerprint density at radius 3 is 2.17 bits per heavy atom. The highest BCUT2D eigenvalue weighted by atomic mass is 16.5. The Morgan fingerprint density at radius 1 is 0.771 bits per heavy atom. The van der Waals surface area contributed by atoms with E-state index in [4.69, 9.17) is 9.47 Å². The van der Waals surface area contributed by atoms with Crippen LogP contribution < -0.4 is 4.74 Å². The van der Waals surface area contributed by atoms with Gasteiger partial charge in [-0.3, -0.25) is 0 Å². The molecular weight excluding hydrogens is 432 g/mol. The van der Waals surface area contributed by atoms with E-state index in [2.05, 4.69) is 45.0 Å². The fourth-order valence-corrected chi connectivity index (χ4v) is 4.00. The van der Waals surface area contributed by atoms with Crippen LogP contribution in [0.15, 0.2) is 72.8 Å². The molecule has 3 heteroatoms. The van der Waals surface area contributed by atoms with Crippen LogP contribution in [0.2, 0.25) is 0 Å². The lowest BCUT2D eigenvalue weighted by molar-refractivity contribution is 0.0447. The van der Waals surface area contributed by atoms with Crippen molar-refractivity contribution in [2.45, 2.75) is 65.7 Å². The third kappa shape index (κ3) is 8.28. The van der Waals surface area contributed by atoms with Gasteiger partial charge in [-0.2, -0.15) is 0 Å². The topological polar surface area (TPSA) is 35.5 Å². The molecule has 35 heavy (non-hydrogen) atoms. The van der Waals surface area contributed by atoms with Gasteiger partial charge >= 0.3 is 5.97 Å². The molecule has 0 amide bonds. The predicted octanol–water partition coefficient (Wildman–Crippen LogP) is 8.96. The van der Waals surface area contributed by atoms with Gasteiger partial charge in [0.1, 0.15) is 5.75 Å². The Hall–Kier alpha value is -3.07. The monoisotopic (exact) mass is 472 g/mol. The number of unbranched alkanes of at least 4 members (excludes halogenated alkanes) is 5. The van der Waals surface area contributed by atoms with Gasteiger partial charge in [-0.15, -0.1) is 0 Å². The number of hydrogen-bond donors (Lipinski definition) is 0. The van der Waals surface area contributed by atoms with E-state index in [-0.39, 0.29) is 5.97 Å². The van der Waals surface area contributed by atoms with Crippen molar-refractivity contribution in [3.8, 4) is 28.0 Å². The molecule has 0 aromatic heterocycles. The maximum absolute atomic E-state index is 12.7. The average molecular weight is 473 g/mol. The molecule has 3 nitrogen and oxygen atoms in total. The Balaban J connectivity index is 1.74. The summed E-state index contributed by atoms with van der Waals surface area (Å²) in [5, 5.41) is 0. The van der Waals surface area contributed by atoms with E-state index >= 15 is 0 Å². The zero-order valence-corrected chi connectivity index (χ0v) is 21.6. The molecular formula is C32H40O3. The van der Waals surface area contributed by atoms with Gasteiger partial charge in [0.05, 0.1) is 18.8 Å². The zero-order chi connectivity index (χ0) is 24.9. The molecule has 0 N–H and O–H groups in total. The van der Waals surface area contributed by atoms with E-state index in [1.807, 2.05) is 48.5 Å². The molecule has 0 aliphatic carbocycles. The van der Waals surface area contributed by atoms with Crippen molar-refractivity contribution < 1.29 is 14.3 Å². The molecule has 3 aromatic carbocycles. The fourth-order valence-electron chi connectivity index (χ4n) is 4.00. The van der Waals surface area contributed by atoms with E-state index in [0.29, 0.717) is 18.1 Å². The summed E-state index contributed by atoms with van der Waals surface area (Å²) in [6.45, 7) is 7.62. The molecule has 0 saturated carbocycles. The Bertz CT molecular complexity index is 1020. The number of carbonyl (C=O) groups excluding carboxylic acids is 1. The number of benzene rings is 3. The van der Waals surface area contributed by atoms with Crippen molar-refractivity contribution in [3.05, 3.63) is 78.4 Å². The Labute approximate surface area is 211 Å². The molecule has 0 aliphatic rings. The van der Waals surface area contributed by atoms with Gasteiger partial charge in [0.15, 0.2) is 0 Å². The Morgan fingerprint density at radius 2 is 1.46 bits per heavy atom. The van der Waals surface area contributed by atoms with E-state index in [9.17, 15) is 4.79 Å². The van der Waals surface area contributed by atoms with Gasteiger partial charge in [0, 0.05) is 0 Å². The minimum atomic E-state index is -0.273. The summed E-state index contributed by atoms with van der Waals surface area (Å²) in [4.78, 5) is 12.7. The van der Waals surface area contributed by atoms with Crippen LogP contribution in [0.1, 0.15) is 76.1 Å². The second kappa shape index (κ2) is 14.4. The third-order valence-corrected chi connectivity index (χ3v) is 6.47. The number of carbonyl (C=O) groups is 1. The molecule has 1 unspecified atom stereocenters. The van der Waals surface area contributed by atoms with Crippen LogP contribution in [-0.2, 0) is 4.74 Å². The first-order valence-electron chi connectivity index (χ1n) is 13.2. The number of hydrogen-bond acceptors (Lipinski definition) is 3. The Kier molecular flexibility index (Phi) is 10.9. The smallest absolute Gasteiger partial charge is 0.338 e. The lowest BCUT2D eigenvalue weighted by atomic mass is 9.93. The van der Waals surface area contributed by atoms with Crippen molar-refractivity contribution in [1.82, 2.24) is 0 Å². The van der Waals surface area contributed by atoms with Crippen LogP contribution >= 0.6 is 0 Å². The molecule has 186 valence electrons. The summed E-state index contributed by atoms with van der Waals surface area (Å²) in [5.41, 5.74) is 4.84. The van der Waals surface area contributed by atoms with Crippen LogP contribution in [0, 0.1) is 5.92 Å². The van der Waals surface area contributed by atoms with Gasteiger partial charge in [0.2, 0.25) is 0 Å². The van der Waals surface area contributed by atoms with Crippen LogP contribution in [-0.4, -0.2) is 19.2 Å². The van der Waals surface area contributed by atoms with Gasteiger partial charge in [-0.25, -0.2) is 4.79 Å². The summed E-state index contributed by atoms with van der Waals surface area (Å²) in [6, 6.07) is 24.3. The third-order valence-electron chi connectivity index (χ3n) is 6.47. The van der Waals surface area contributed by atoms with Crippen molar-refractivity contribution in [3.63, 3.8) is 0 Å². The van der Waals surface area contributed by atoms with Crippen LogP contribution in [0.25, 0.3) is 22.3 Å². The summed E-state index contributed by atoms with van der Waals surface area (Å²) < 4.78 is 11.5. The van der Waals surface area contributed by atoms with Crippen molar-refractivity contribution in [2.24, 2.45) is 5.92 Å². The number of ether oxygens (including phenoxy) is 2. The first-order chi connectivity index (χ1) is 17.1. The number of esters is 1. The average Bonchev–Trinajstić information content (AvgIpc) is 2.91. The molecule has 0 bridgehead atoms. The van der Waals surface area contributed by atoms with E-state index in [0.717, 1.165) is 47.5 Å². The minimum absolute atomic E-state index is 0.273. The summed E-state index contributed by atoms with van der Waals surface area (Å²) >= 11 is 0. The van der Waals surface area contributed by atoms with E-state index in [1.54, 1.807) is 0 Å². The molecule has 3 rings (SSSR count). The van der Waals surface area contributed by atoms with Crippen LogP contribution in [0.4, 0.5) is 0 Å². The van der Waals surface area contributed by atoms with Crippen LogP contribution in [0.5, 0.6) is 5.75 Å². The maximum atomic E-state index is 12.7. The van der Waals surface area contributed by atoms with E-state index in [1.165, 1.54) is 32.1 Å². The van der Waals surface area contributed by atoms with Gasteiger partial charge in [0.25, 0.3) is 0 Å². The van der Waals surface area contributed by atoms with Crippen molar-refractivity contribution >= 4 is 5.97 Å². The lowest BCUT2D eigenvalue weighted by Gasteiger charge is -2.14. The van der Waals surface area contributed by atoms with E-state index < -0.39 is 0 Å². The highest BCUT2D eigenvalue weighted by Gasteiger charge is 2.14. The molecule has 0 aliphatic heterocycles. The van der Waals surface area contributed by atoms with Crippen molar-refractivity contribution in [1.29, 1.82) is 0 Å². The van der Waals surface area contributed by atoms with Crippen molar-refractivity contribution in [2.75, 3.05) is 13.2 Å². The molecule has 0 saturated heterocycles. The molecule has 0 fully saturated rings. The molecule has 1 atom stereocenters. The van der Waals surface area contributed by atoms with Crippen LogP contribution in [0.3, 0.4) is 0 Å². The highest BCUT2D eigenvalue weighted by molar-refractivity contribution is 5.94. The second-order valence-electron chi connectivity index (χ2n) is 9.38. The van der Waals surface area contributed by atoms with Gasteiger partial charge in [-0.05, 0) is 58.9 Å². The number of rotatable bonds is 14. The molecule has 3 aromatic rings. The maximum Gasteiger partial charge on any atom is 0.338 e. The summed E-state index contributed by atoms with van der Waals surface area (Å²) in [7, 11) is 0. The molecule has 0 spiro atoms. The summed E-state index contributed by atoms with van der Waals surface area (Å²) in [6.07, 6.45) is 8.50. The second-order valence-corrected chi connectivity index (χ2v) is 9.38. The molecule has 0 heterocycles. The SMILES string of the molecule is CCCCCCCCOc1ccc(-c2cc(C(=O)OCC(C)CC)ccc2-c2ccccc2)cc1. The minimum Gasteiger partial charge on any atom is -0.494 e. The highest BCUT2D eigenvalue weighted by Crippen LogP contribution is 2.34. The standard InChI is InChI=1S/C32H40O3/c1-4-6-7-8-9-13-22-34-29-19-16-27(17-20-29)31-23-28(32(33)35-24-25(3)5-2)18-21-30(31)26-14-11-10-12-15-26/h10-12,14-21,23,25H,4-9,13,22,24H2,1-3H3. The molecule has 0 radical (unpaired) electrons. The quantitative estimate of drug-likeness (QED) is 0.173. The largest absolute Gasteiger partial charge is 0.494 e. The van der Waals surface area contributed by atoms with Gasteiger partial charge < -0.3 is 9.47 Å². The first-order valence-corrected chi connectivity index (χ1v) is 13.2. The first kappa shape index (κ1) is 26.5. The fraction of sp³-hybridized carbons (Fsp3) is 0.406. The zero-order valence-electron chi connectivity index (χ0n) is 21.6. The van der Waals surface area contributed by atoms with Gasteiger partial charge in [-0.1, -0.05) is 108 Å².